The molecule has 0 aromatic carbocycles. The molecule has 0 spiro atoms. The molecule has 0 aromatic rings. The van der Waals surface area contributed by atoms with E-state index in [9.17, 15) is 4.79 Å². The molecule has 0 saturated carbocycles. The number of nitrogens with one attached hydrogen (secondary N) is 1. The average molecular weight is 256 g/mol. The number of carbonyl (C=O) groups excluding carboxylic acids is 1. The highest BCUT2D eigenvalue weighted by Crippen LogP contribution is 2.13. The van der Waals surface area contributed by atoms with Gasteiger partial charge in [0.2, 0.25) is 5.91 Å². The summed E-state index contributed by atoms with van der Waals surface area (Å²) in [6.45, 7) is 5.99. The van der Waals surface area contributed by atoms with Crippen molar-refractivity contribution in [2.75, 3.05) is 19.7 Å². The number of carbonyl (C=O) groups is 1. The summed E-state index contributed by atoms with van der Waals surface area (Å²) in [5.41, 5.74) is 0. The molecule has 1 aliphatic heterocycles. The van der Waals surface area contributed by atoms with Gasteiger partial charge in [0.25, 0.3) is 0 Å². The molecule has 1 aliphatic rings. The van der Waals surface area contributed by atoms with Gasteiger partial charge in [-0.25, -0.2) is 0 Å². The minimum Gasteiger partial charge on any atom is -0.396 e. The first-order valence-corrected chi connectivity index (χ1v) is 7.29. The lowest BCUT2D eigenvalue weighted by atomic mass is 10.00. The number of aliphatic hydroxyl groups excluding tert-OH is 1. The Balaban J connectivity index is 2.31. The van der Waals surface area contributed by atoms with Gasteiger partial charge >= 0.3 is 0 Å². The van der Waals surface area contributed by atoms with Gasteiger partial charge in [-0.3, -0.25) is 4.79 Å². The molecule has 4 nitrogen and oxygen atoms in total. The summed E-state index contributed by atoms with van der Waals surface area (Å²) in [5, 5.41) is 12.3. The first-order chi connectivity index (χ1) is 8.65. The van der Waals surface area contributed by atoms with Crippen molar-refractivity contribution in [2.24, 2.45) is 0 Å². The fourth-order valence-electron chi connectivity index (χ4n) is 2.52. The predicted molar refractivity (Wildman–Crippen MR) is 73.4 cm³/mol. The molecule has 1 fully saturated rings. The van der Waals surface area contributed by atoms with Crippen LogP contribution in [0.25, 0.3) is 0 Å². The number of nitrogens with zero attached hydrogens (tertiary/aromatic N) is 1. The Labute approximate surface area is 111 Å². The highest BCUT2D eigenvalue weighted by atomic mass is 16.3. The van der Waals surface area contributed by atoms with Gasteiger partial charge in [-0.2, -0.15) is 0 Å². The maximum absolute atomic E-state index is 12.1. The second-order valence-electron chi connectivity index (χ2n) is 5.44. The van der Waals surface area contributed by atoms with Crippen molar-refractivity contribution in [3.8, 4) is 0 Å². The number of rotatable bonds is 7. The Morgan fingerprint density at radius 3 is 2.78 bits per heavy atom. The Morgan fingerprint density at radius 2 is 2.22 bits per heavy atom. The van der Waals surface area contributed by atoms with Crippen LogP contribution in [0.15, 0.2) is 0 Å². The zero-order valence-electron chi connectivity index (χ0n) is 11.8. The van der Waals surface area contributed by atoms with Gasteiger partial charge in [-0.05, 0) is 46.1 Å². The normalized spacial score (nSPS) is 20.1. The van der Waals surface area contributed by atoms with E-state index in [1.54, 1.807) is 0 Å². The van der Waals surface area contributed by atoms with Gasteiger partial charge in [0, 0.05) is 31.7 Å². The van der Waals surface area contributed by atoms with Crippen LogP contribution in [0, 0.1) is 0 Å². The van der Waals surface area contributed by atoms with Crippen molar-refractivity contribution in [1.82, 2.24) is 10.2 Å². The third kappa shape index (κ3) is 5.36. The van der Waals surface area contributed by atoms with Gasteiger partial charge in [-0.1, -0.05) is 6.42 Å². The van der Waals surface area contributed by atoms with Crippen LogP contribution in [0.5, 0.6) is 0 Å². The van der Waals surface area contributed by atoms with Crippen LogP contribution in [-0.2, 0) is 4.79 Å². The van der Waals surface area contributed by atoms with E-state index in [1.807, 2.05) is 18.7 Å². The third-order valence-corrected chi connectivity index (χ3v) is 3.62. The molecule has 0 aromatic heterocycles. The number of piperidine rings is 1. The lowest BCUT2D eigenvalue weighted by Gasteiger charge is -2.28. The Kier molecular flexibility index (Phi) is 7.28. The van der Waals surface area contributed by atoms with E-state index in [2.05, 4.69) is 5.32 Å². The van der Waals surface area contributed by atoms with Crippen LogP contribution in [0.1, 0.15) is 52.4 Å². The molecule has 1 heterocycles. The van der Waals surface area contributed by atoms with Crippen molar-refractivity contribution >= 4 is 5.91 Å². The highest BCUT2D eigenvalue weighted by Gasteiger charge is 2.19. The molecule has 106 valence electrons. The molecule has 0 aliphatic carbocycles. The van der Waals surface area contributed by atoms with Crippen molar-refractivity contribution in [1.29, 1.82) is 0 Å². The molecule has 1 atom stereocenters. The first kappa shape index (κ1) is 15.4. The van der Waals surface area contributed by atoms with Crippen molar-refractivity contribution in [3.63, 3.8) is 0 Å². The molecule has 1 amide bonds. The van der Waals surface area contributed by atoms with Gasteiger partial charge in [0.05, 0.1) is 0 Å². The lowest BCUT2D eigenvalue weighted by Crippen LogP contribution is -2.40. The monoisotopic (exact) mass is 256 g/mol. The van der Waals surface area contributed by atoms with Crippen LogP contribution in [0.3, 0.4) is 0 Å². The maximum Gasteiger partial charge on any atom is 0.222 e. The molecule has 2 N–H and O–H groups in total. The van der Waals surface area contributed by atoms with E-state index in [0.717, 1.165) is 13.0 Å². The minimum absolute atomic E-state index is 0.153. The Bertz CT molecular complexity index is 238. The zero-order valence-corrected chi connectivity index (χ0v) is 11.8. The fraction of sp³-hybridized carbons (Fsp3) is 0.929. The van der Waals surface area contributed by atoms with Crippen LogP contribution in [-0.4, -0.2) is 47.7 Å². The maximum atomic E-state index is 12.1. The lowest BCUT2D eigenvalue weighted by molar-refractivity contribution is -0.133. The summed E-state index contributed by atoms with van der Waals surface area (Å²) in [5.74, 6) is 0.228. The molecule has 1 unspecified atom stereocenters. The summed E-state index contributed by atoms with van der Waals surface area (Å²) in [7, 11) is 0. The molecule has 18 heavy (non-hydrogen) atoms. The molecule has 0 bridgehead atoms. The largest absolute Gasteiger partial charge is 0.396 e. The van der Waals surface area contributed by atoms with Gasteiger partial charge in [0.15, 0.2) is 0 Å². The summed E-state index contributed by atoms with van der Waals surface area (Å²) >= 11 is 0. The van der Waals surface area contributed by atoms with Crippen LogP contribution >= 0.6 is 0 Å². The summed E-state index contributed by atoms with van der Waals surface area (Å²) in [6.07, 6.45) is 5.99. The number of amides is 1. The zero-order chi connectivity index (χ0) is 13.4. The Morgan fingerprint density at radius 1 is 1.44 bits per heavy atom. The molecule has 0 radical (unpaired) electrons. The van der Waals surface area contributed by atoms with E-state index in [4.69, 9.17) is 5.11 Å². The third-order valence-electron chi connectivity index (χ3n) is 3.62. The predicted octanol–water partition coefficient (Wildman–Crippen LogP) is 1.53. The number of hydrogen-bond acceptors (Lipinski definition) is 3. The molecule has 4 heteroatoms. The Hall–Kier alpha value is -0.610. The summed E-state index contributed by atoms with van der Waals surface area (Å²) in [6, 6.07) is 0.748. The SMILES string of the molecule is CC(C)N(CCCO)C(=O)CCC1CCCCN1. The number of aliphatic hydroxyl groups is 1. The first-order valence-electron chi connectivity index (χ1n) is 7.29. The highest BCUT2D eigenvalue weighted by molar-refractivity contribution is 5.76. The standard InChI is InChI=1S/C14H28N2O2/c1-12(2)16(10-5-11-17)14(18)8-7-13-6-3-4-9-15-13/h12-13,15,17H,3-11H2,1-2H3. The molecular formula is C14H28N2O2. The van der Waals surface area contributed by atoms with E-state index in [0.29, 0.717) is 25.4 Å². The van der Waals surface area contributed by atoms with Gasteiger partial charge in [0.1, 0.15) is 0 Å². The van der Waals surface area contributed by atoms with Crippen molar-refractivity contribution < 1.29 is 9.90 Å². The quantitative estimate of drug-likeness (QED) is 0.726. The van der Waals surface area contributed by atoms with Crippen LogP contribution < -0.4 is 5.32 Å². The van der Waals surface area contributed by atoms with E-state index < -0.39 is 0 Å². The van der Waals surface area contributed by atoms with E-state index in [1.165, 1.54) is 19.3 Å². The minimum atomic E-state index is 0.153. The average Bonchev–Trinajstić information content (AvgIpc) is 2.37. The number of hydrogen-bond donors (Lipinski definition) is 2. The second-order valence-corrected chi connectivity index (χ2v) is 5.44. The second kappa shape index (κ2) is 8.48. The molecule has 1 rings (SSSR count). The van der Waals surface area contributed by atoms with Crippen LogP contribution in [0.4, 0.5) is 0 Å². The summed E-state index contributed by atoms with van der Waals surface area (Å²) in [4.78, 5) is 14.0. The summed E-state index contributed by atoms with van der Waals surface area (Å²) < 4.78 is 0. The van der Waals surface area contributed by atoms with E-state index >= 15 is 0 Å². The molecular weight excluding hydrogens is 228 g/mol. The van der Waals surface area contributed by atoms with Crippen molar-refractivity contribution in [2.45, 2.75) is 64.5 Å². The van der Waals surface area contributed by atoms with Gasteiger partial charge in [-0.15, -0.1) is 0 Å². The molecule has 1 saturated heterocycles. The van der Waals surface area contributed by atoms with E-state index in [-0.39, 0.29) is 18.6 Å². The topological polar surface area (TPSA) is 52.6 Å². The smallest absolute Gasteiger partial charge is 0.222 e. The van der Waals surface area contributed by atoms with Crippen molar-refractivity contribution in [3.05, 3.63) is 0 Å². The fourth-order valence-corrected chi connectivity index (χ4v) is 2.52. The van der Waals surface area contributed by atoms with Gasteiger partial charge < -0.3 is 15.3 Å². The van der Waals surface area contributed by atoms with Crippen LogP contribution in [0.2, 0.25) is 0 Å².